The molecule has 3 heterocycles. The standard InChI is InChI=1S/C25H23ClFN3O6S4/c1-3-15(10-23-29(14-22(31)28-39(2,32)33)18-12-16(26)4-6-20(18)37-23)11-24-30(9-8-25(30)40(34,35)36)19-13-17(27)5-7-21(19)38-24/h4-7,10-13,25H,3,8-9,14H2,1-2H3/p+2. The Morgan fingerprint density at radius 3 is 2.62 bits per heavy atom. The summed E-state index contributed by atoms with van der Waals surface area (Å²) < 4.78 is 76.5. The number of thiazole rings is 1. The Balaban J connectivity index is 1.62. The molecule has 0 bridgehead atoms. The van der Waals surface area contributed by atoms with Crippen molar-refractivity contribution in [3.05, 3.63) is 68.9 Å². The van der Waals surface area contributed by atoms with Gasteiger partial charge in [0.25, 0.3) is 10.9 Å². The van der Waals surface area contributed by atoms with Gasteiger partial charge in [0.05, 0.1) is 24.1 Å². The highest BCUT2D eigenvalue weighted by Gasteiger charge is 2.62. The van der Waals surface area contributed by atoms with Crippen molar-refractivity contribution in [1.82, 2.24) is 9.21 Å². The molecule has 2 aromatic carbocycles. The maximum Gasteiger partial charge on any atom is 0.320 e. The van der Waals surface area contributed by atoms with Crippen molar-refractivity contribution >= 4 is 82.7 Å². The van der Waals surface area contributed by atoms with Gasteiger partial charge in [0.15, 0.2) is 10.7 Å². The third-order valence-electron chi connectivity index (χ3n) is 6.84. The average Bonchev–Trinajstić information content (AvgIpc) is 3.31. The molecule has 2 N–H and O–H groups in total. The number of nitrogens with zero attached hydrogens (tertiary/aromatic N) is 2. The lowest BCUT2D eigenvalue weighted by Gasteiger charge is -2.47. The fourth-order valence-corrected chi connectivity index (χ4v) is 9.43. The molecule has 9 nitrogen and oxygen atoms in total. The van der Waals surface area contributed by atoms with E-state index in [1.165, 1.54) is 35.2 Å². The second-order valence-corrected chi connectivity index (χ2v) is 15.4. The molecule has 1 spiro atoms. The molecule has 1 aromatic heterocycles. The van der Waals surface area contributed by atoms with Crippen LogP contribution in [0.3, 0.4) is 0 Å². The molecule has 3 aromatic rings. The van der Waals surface area contributed by atoms with Gasteiger partial charge in [-0.25, -0.2) is 22.0 Å². The van der Waals surface area contributed by atoms with Crippen LogP contribution in [0.25, 0.3) is 16.3 Å². The van der Waals surface area contributed by atoms with Gasteiger partial charge in [0, 0.05) is 29.3 Å². The first-order valence-electron chi connectivity index (χ1n) is 12.1. The SMILES string of the molecule is CCC(=Cc1sc2ccc(Cl)cc2[n+]1CC(=O)NS(C)(=O)=O)C=C1Sc2ccc(F)cc2[N+]12CCC2S(=O)(=O)O. The predicted octanol–water partition coefficient (Wildman–Crippen LogP) is 4.42. The van der Waals surface area contributed by atoms with Crippen molar-refractivity contribution in [3.8, 4) is 0 Å². The summed E-state index contributed by atoms with van der Waals surface area (Å²) in [4.78, 5) is 13.3. The van der Waals surface area contributed by atoms with E-state index in [1.54, 1.807) is 22.8 Å². The van der Waals surface area contributed by atoms with Crippen LogP contribution in [-0.2, 0) is 31.5 Å². The van der Waals surface area contributed by atoms with E-state index in [2.05, 4.69) is 0 Å². The summed E-state index contributed by atoms with van der Waals surface area (Å²) in [6, 6.07) is 9.46. The van der Waals surface area contributed by atoms with Crippen molar-refractivity contribution in [1.29, 1.82) is 0 Å². The van der Waals surface area contributed by atoms with Crippen LogP contribution < -0.4 is 13.8 Å². The van der Waals surface area contributed by atoms with Gasteiger partial charge in [0.2, 0.25) is 27.5 Å². The Labute approximate surface area is 244 Å². The number of halogens is 2. The molecular formula is C25H25ClFN3O6S4+2. The largest absolute Gasteiger partial charge is 0.320 e. The number of hydrogen-bond donors (Lipinski definition) is 2. The fourth-order valence-electron chi connectivity index (χ4n) is 5.03. The predicted molar refractivity (Wildman–Crippen MR) is 155 cm³/mol. The van der Waals surface area contributed by atoms with Crippen LogP contribution in [0.4, 0.5) is 10.1 Å². The number of carbonyl (C=O) groups is 1. The number of aromatic nitrogens is 1. The minimum atomic E-state index is -4.44. The molecule has 40 heavy (non-hydrogen) atoms. The number of quaternary nitrogens is 1. The average molecular weight is 646 g/mol. The molecule has 5 rings (SSSR count). The van der Waals surface area contributed by atoms with Gasteiger partial charge in [0.1, 0.15) is 10.5 Å². The van der Waals surface area contributed by atoms with Gasteiger partial charge >= 0.3 is 10.1 Å². The van der Waals surface area contributed by atoms with E-state index in [1.807, 2.05) is 29.9 Å². The fraction of sp³-hybridized carbons (Fsp3) is 0.280. The number of thioether (sulfide) groups is 1. The zero-order valence-electron chi connectivity index (χ0n) is 21.3. The molecule has 1 amide bonds. The molecule has 1 saturated heterocycles. The molecule has 2 atom stereocenters. The number of nitrogens with one attached hydrogen (secondary N) is 1. The Morgan fingerprint density at radius 1 is 1.25 bits per heavy atom. The first-order chi connectivity index (χ1) is 18.7. The molecule has 0 aliphatic carbocycles. The normalized spacial score (nSPS) is 22.1. The molecular weight excluding hydrogens is 621 g/mol. The molecule has 15 heteroatoms. The molecule has 2 unspecified atom stereocenters. The number of rotatable bonds is 7. The molecule has 212 valence electrons. The van der Waals surface area contributed by atoms with Crippen LogP contribution in [0.1, 0.15) is 24.8 Å². The summed E-state index contributed by atoms with van der Waals surface area (Å²) in [7, 11) is -8.20. The minimum absolute atomic E-state index is 0.188. The maximum atomic E-state index is 14.3. The topological polar surface area (TPSA) is 121 Å². The molecule has 2 aliphatic heterocycles. The monoisotopic (exact) mass is 645 g/mol. The summed E-state index contributed by atoms with van der Waals surface area (Å²) >= 11 is 8.93. The second kappa shape index (κ2) is 10.5. The van der Waals surface area contributed by atoms with Crippen molar-refractivity contribution in [2.45, 2.75) is 36.6 Å². The zero-order valence-corrected chi connectivity index (χ0v) is 25.3. The summed E-state index contributed by atoms with van der Waals surface area (Å²) in [5.41, 5.74) is 1.92. The van der Waals surface area contributed by atoms with Crippen molar-refractivity contribution in [2.24, 2.45) is 0 Å². The number of carbonyl (C=O) groups excluding carboxylic acids is 1. The second-order valence-electron chi connectivity index (χ2n) is 9.56. The Hall–Kier alpha value is -2.33. The highest BCUT2D eigenvalue weighted by Crippen LogP contribution is 2.58. The number of hydrogen-bond acceptors (Lipinski definition) is 7. The quantitative estimate of drug-likeness (QED) is 0.222. The van der Waals surface area contributed by atoms with Crippen molar-refractivity contribution < 1.29 is 35.1 Å². The number of allylic oxidation sites excluding steroid dienone is 2. The number of amides is 1. The van der Waals surface area contributed by atoms with E-state index >= 15 is 0 Å². The van der Waals surface area contributed by atoms with Crippen molar-refractivity contribution in [3.63, 3.8) is 0 Å². The lowest BCUT2D eigenvalue weighted by atomic mass is 10.1. The minimum Gasteiger partial charge on any atom is -0.281 e. The Morgan fingerprint density at radius 2 is 2.00 bits per heavy atom. The first-order valence-corrected chi connectivity index (χ1v) is 17.5. The molecule has 0 saturated carbocycles. The van der Waals surface area contributed by atoms with Crippen LogP contribution in [-0.4, -0.2) is 45.5 Å². The molecule has 1 fully saturated rings. The van der Waals surface area contributed by atoms with Gasteiger partial charge in [-0.2, -0.15) is 13.0 Å². The summed E-state index contributed by atoms with van der Waals surface area (Å²) in [6.07, 6.45) is 5.35. The summed E-state index contributed by atoms with van der Waals surface area (Å²) in [5, 5.41) is 0.572. The van der Waals surface area contributed by atoms with Gasteiger partial charge < -0.3 is 0 Å². The van der Waals surface area contributed by atoms with E-state index in [4.69, 9.17) is 11.6 Å². The van der Waals surface area contributed by atoms with Crippen LogP contribution >= 0.6 is 34.7 Å². The maximum absolute atomic E-state index is 14.3. The molecule has 0 radical (unpaired) electrons. The summed E-state index contributed by atoms with van der Waals surface area (Å²) in [6.45, 7) is 2.02. The smallest absolute Gasteiger partial charge is 0.281 e. The van der Waals surface area contributed by atoms with Crippen LogP contribution in [0.5, 0.6) is 0 Å². The zero-order chi connectivity index (χ0) is 29.0. The third kappa shape index (κ3) is 5.45. The van der Waals surface area contributed by atoms with E-state index in [0.29, 0.717) is 44.1 Å². The lowest BCUT2D eigenvalue weighted by molar-refractivity contribution is -0.655. The highest BCUT2D eigenvalue weighted by atomic mass is 35.5. The van der Waals surface area contributed by atoms with E-state index in [0.717, 1.165) is 16.5 Å². The molecule has 2 aliphatic rings. The van der Waals surface area contributed by atoms with E-state index in [-0.39, 0.29) is 17.4 Å². The Kier molecular flexibility index (Phi) is 7.66. The Bertz CT molecular complexity index is 1840. The van der Waals surface area contributed by atoms with Crippen LogP contribution in [0.15, 0.2) is 58.0 Å². The number of benzene rings is 2. The number of fused-ring (bicyclic) bond motifs is 3. The highest BCUT2D eigenvalue weighted by molar-refractivity contribution is 8.03. The summed E-state index contributed by atoms with van der Waals surface area (Å²) in [5.74, 6) is -1.22. The van der Waals surface area contributed by atoms with Gasteiger partial charge in [-0.05, 0) is 48.0 Å². The van der Waals surface area contributed by atoms with E-state index in [9.17, 15) is 30.6 Å². The lowest BCUT2D eigenvalue weighted by Crippen LogP contribution is -2.66. The van der Waals surface area contributed by atoms with E-state index < -0.39 is 37.2 Å². The first kappa shape index (κ1) is 29.2. The van der Waals surface area contributed by atoms with Crippen LogP contribution in [0.2, 0.25) is 5.02 Å². The van der Waals surface area contributed by atoms with Gasteiger partial charge in [-0.3, -0.25) is 9.35 Å². The van der Waals surface area contributed by atoms with Crippen molar-refractivity contribution in [2.75, 3.05) is 12.8 Å². The van der Waals surface area contributed by atoms with Crippen LogP contribution in [0, 0.1) is 5.82 Å². The number of sulfonamides is 1. The third-order valence-corrected chi connectivity index (χ3v) is 11.3. The van der Waals surface area contributed by atoms with Gasteiger partial charge in [-0.1, -0.05) is 29.9 Å². The van der Waals surface area contributed by atoms with Gasteiger partial charge in [-0.15, -0.1) is 0 Å².